The number of phenols is 1. The Morgan fingerprint density at radius 3 is 2.65 bits per heavy atom. The average molecular weight is 254 g/mol. The third kappa shape index (κ3) is 3.36. The second kappa shape index (κ2) is 5.74. The monoisotopic (exact) mass is 253 g/mol. The summed E-state index contributed by atoms with van der Waals surface area (Å²) in [5.74, 6) is 1.08. The quantitative estimate of drug-likeness (QED) is 0.889. The van der Waals surface area contributed by atoms with Crippen molar-refractivity contribution in [1.29, 1.82) is 0 Å². The maximum Gasteiger partial charge on any atom is 0.134 e. The van der Waals surface area contributed by atoms with Crippen LogP contribution in [0.25, 0.3) is 0 Å². The summed E-state index contributed by atoms with van der Waals surface area (Å²) in [5, 5.41) is 9.82. The first-order valence-electron chi connectivity index (χ1n) is 6.38. The van der Waals surface area contributed by atoms with Crippen molar-refractivity contribution in [2.45, 2.75) is 32.7 Å². The van der Waals surface area contributed by atoms with E-state index in [1.807, 2.05) is 12.1 Å². The third-order valence-corrected chi connectivity index (χ3v) is 4.01. The molecule has 0 aromatic heterocycles. The van der Waals surface area contributed by atoms with E-state index in [0.29, 0.717) is 5.02 Å². The molecule has 0 bridgehead atoms. The van der Waals surface area contributed by atoms with Gasteiger partial charge in [-0.2, -0.15) is 0 Å². The lowest BCUT2D eigenvalue weighted by Gasteiger charge is -2.31. The standard InChI is InChI=1S/C14H20ClNO/c1-2-11-5-7-16(8-6-11)10-12-3-4-14(17)13(15)9-12/h3-4,9,11,17H,2,5-8,10H2,1H3. The zero-order valence-electron chi connectivity index (χ0n) is 10.3. The van der Waals surface area contributed by atoms with Gasteiger partial charge >= 0.3 is 0 Å². The van der Waals surface area contributed by atoms with Crippen LogP contribution in [0, 0.1) is 5.92 Å². The van der Waals surface area contributed by atoms with Crippen LogP contribution in [0.1, 0.15) is 31.7 Å². The molecule has 0 saturated carbocycles. The molecule has 2 nitrogen and oxygen atoms in total. The minimum Gasteiger partial charge on any atom is -0.506 e. The number of nitrogens with zero attached hydrogens (tertiary/aromatic N) is 1. The van der Waals surface area contributed by atoms with E-state index >= 15 is 0 Å². The van der Waals surface area contributed by atoms with E-state index in [1.165, 1.54) is 37.9 Å². The lowest BCUT2D eigenvalue weighted by molar-refractivity contribution is 0.175. The van der Waals surface area contributed by atoms with Gasteiger partial charge in [-0.15, -0.1) is 0 Å². The second-order valence-corrected chi connectivity index (χ2v) is 5.32. The van der Waals surface area contributed by atoms with E-state index in [-0.39, 0.29) is 5.75 Å². The van der Waals surface area contributed by atoms with Gasteiger partial charge in [-0.1, -0.05) is 31.0 Å². The molecule has 17 heavy (non-hydrogen) atoms. The van der Waals surface area contributed by atoms with Gasteiger partial charge in [-0.05, 0) is 49.5 Å². The van der Waals surface area contributed by atoms with Crippen LogP contribution in [-0.4, -0.2) is 23.1 Å². The maximum absolute atomic E-state index is 9.37. The van der Waals surface area contributed by atoms with Crippen molar-refractivity contribution in [3.05, 3.63) is 28.8 Å². The Kier molecular flexibility index (Phi) is 4.30. The number of hydrogen-bond acceptors (Lipinski definition) is 2. The van der Waals surface area contributed by atoms with Crippen molar-refractivity contribution in [3.8, 4) is 5.75 Å². The molecule has 2 rings (SSSR count). The Morgan fingerprint density at radius 1 is 1.35 bits per heavy atom. The number of aromatic hydroxyl groups is 1. The molecule has 0 aliphatic carbocycles. The van der Waals surface area contributed by atoms with Gasteiger partial charge in [0.05, 0.1) is 5.02 Å². The number of benzene rings is 1. The highest BCUT2D eigenvalue weighted by atomic mass is 35.5. The summed E-state index contributed by atoms with van der Waals surface area (Å²) < 4.78 is 0. The Labute approximate surface area is 108 Å². The van der Waals surface area contributed by atoms with Crippen LogP contribution >= 0.6 is 11.6 Å². The molecule has 1 fully saturated rings. The molecule has 1 aromatic rings. The summed E-state index contributed by atoms with van der Waals surface area (Å²) in [6.45, 7) is 5.57. The number of rotatable bonds is 3. The normalized spacial score (nSPS) is 18.5. The molecule has 1 heterocycles. The first-order valence-corrected chi connectivity index (χ1v) is 6.76. The molecule has 0 amide bonds. The number of halogens is 1. The van der Waals surface area contributed by atoms with Gasteiger partial charge in [0.1, 0.15) is 5.75 Å². The molecule has 1 N–H and O–H groups in total. The molecule has 1 aromatic carbocycles. The molecular weight excluding hydrogens is 234 g/mol. The number of likely N-dealkylation sites (tertiary alicyclic amines) is 1. The average Bonchev–Trinajstić information content (AvgIpc) is 2.35. The number of hydrogen-bond donors (Lipinski definition) is 1. The first kappa shape index (κ1) is 12.7. The van der Waals surface area contributed by atoms with Gasteiger partial charge in [0.2, 0.25) is 0 Å². The first-order chi connectivity index (χ1) is 8.19. The predicted octanol–water partition coefficient (Wildman–Crippen LogP) is 3.67. The fourth-order valence-corrected chi connectivity index (χ4v) is 2.66. The lowest BCUT2D eigenvalue weighted by Crippen LogP contribution is -2.32. The molecule has 3 heteroatoms. The Bertz CT molecular complexity index is 372. The van der Waals surface area contributed by atoms with E-state index in [0.717, 1.165) is 12.5 Å². The molecule has 0 atom stereocenters. The fraction of sp³-hybridized carbons (Fsp3) is 0.571. The molecule has 0 radical (unpaired) electrons. The van der Waals surface area contributed by atoms with E-state index in [1.54, 1.807) is 6.07 Å². The van der Waals surface area contributed by atoms with E-state index in [9.17, 15) is 5.11 Å². The highest BCUT2D eigenvalue weighted by Gasteiger charge is 2.17. The summed E-state index contributed by atoms with van der Waals surface area (Å²) in [5.41, 5.74) is 1.18. The molecule has 0 unspecified atom stereocenters. The predicted molar refractivity (Wildman–Crippen MR) is 71.4 cm³/mol. The van der Waals surface area contributed by atoms with Crippen LogP contribution in [0.4, 0.5) is 0 Å². The summed E-state index contributed by atoms with van der Waals surface area (Å²) in [6.07, 6.45) is 3.92. The van der Waals surface area contributed by atoms with Gasteiger partial charge < -0.3 is 5.11 Å². The van der Waals surface area contributed by atoms with E-state index in [4.69, 9.17) is 11.6 Å². The van der Waals surface area contributed by atoms with Crippen LogP contribution in [0.5, 0.6) is 5.75 Å². The zero-order valence-corrected chi connectivity index (χ0v) is 11.1. The van der Waals surface area contributed by atoms with Crippen molar-refractivity contribution in [2.75, 3.05) is 13.1 Å². The van der Waals surface area contributed by atoms with Crippen molar-refractivity contribution < 1.29 is 5.11 Å². The molecule has 0 spiro atoms. The Morgan fingerprint density at radius 2 is 2.06 bits per heavy atom. The summed E-state index contributed by atoms with van der Waals surface area (Å²) in [4.78, 5) is 2.47. The Balaban J connectivity index is 1.91. The van der Waals surface area contributed by atoms with Crippen molar-refractivity contribution in [2.24, 2.45) is 5.92 Å². The second-order valence-electron chi connectivity index (χ2n) is 4.91. The zero-order chi connectivity index (χ0) is 12.3. The van der Waals surface area contributed by atoms with Gasteiger partial charge in [0.25, 0.3) is 0 Å². The number of phenolic OH excluding ortho intramolecular Hbond substituents is 1. The van der Waals surface area contributed by atoms with Gasteiger partial charge in [0.15, 0.2) is 0 Å². The minimum atomic E-state index is 0.167. The largest absolute Gasteiger partial charge is 0.506 e. The molecule has 1 aliphatic heterocycles. The van der Waals surface area contributed by atoms with E-state index < -0.39 is 0 Å². The highest BCUT2D eigenvalue weighted by Crippen LogP contribution is 2.26. The number of piperidine rings is 1. The third-order valence-electron chi connectivity index (χ3n) is 3.70. The smallest absolute Gasteiger partial charge is 0.134 e. The minimum absolute atomic E-state index is 0.167. The van der Waals surface area contributed by atoms with Gasteiger partial charge in [-0.25, -0.2) is 0 Å². The summed E-state index contributed by atoms with van der Waals surface area (Å²) >= 11 is 5.91. The lowest BCUT2D eigenvalue weighted by atomic mass is 9.94. The topological polar surface area (TPSA) is 23.5 Å². The molecular formula is C14H20ClNO. The molecule has 1 saturated heterocycles. The van der Waals surface area contributed by atoms with Crippen LogP contribution in [0.15, 0.2) is 18.2 Å². The van der Waals surface area contributed by atoms with Crippen LogP contribution in [0.2, 0.25) is 5.02 Å². The van der Waals surface area contributed by atoms with Crippen LogP contribution < -0.4 is 0 Å². The summed E-state index contributed by atoms with van der Waals surface area (Å²) in [6, 6.07) is 5.49. The van der Waals surface area contributed by atoms with Crippen LogP contribution in [0.3, 0.4) is 0 Å². The maximum atomic E-state index is 9.37. The molecule has 1 aliphatic rings. The van der Waals surface area contributed by atoms with Crippen molar-refractivity contribution in [3.63, 3.8) is 0 Å². The SMILES string of the molecule is CCC1CCN(Cc2ccc(O)c(Cl)c2)CC1. The van der Waals surface area contributed by atoms with Gasteiger partial charge in [0, 0.05) is 6.54 Å². The fourth-order valence-electron chi connectivity index (χ4n) is 2.46. The molecule has 94 valence electrons. The van der Waals surface area contributed by atoms with Crippen LogP contribution in [-0.2, 0) is 6.54 Å². The van der Waals surface area contributed by atoms with Crippen molar-refractivity contribution >= 4 is 11.6 Å². The summed E-state index contributed by atoms with van der Waals surface area (Å²) in [7, 11) is 0. The van der Waals surface area contributed by atoms with Gasteiger partial charge in [-0.3, -0.25) is 4.90 Å². The highest BCUT2D eigenvalue weighted by molar-refractivity contribution is 6.32. The Hall–Kier alpha value is -0.730. The van der Waals surface area contributed by atoms with Crippen molar-refractivity contribution in [1.82, 2.24) is 4.90 Å². The van der Waals surface area contributed by atoms with E-state index in [2.05, 4.69) is 11.8 Å².